The minimum absolute atomic E-state index is 0.0626. The average molecular weight is 273 g/mol. The Bertz CT molecular complexity index is 240. The third kappa shape index (κ3) is 3.20. The second-order valence-electron chi connectivity index (χ2n) is 3.11. The zero-order valence-electron chi connectivity index (χ0n) is 8.34. The Morgan fingerprint density at radius 1 is 1.00 bits per heavy atom. The van der Waals surface area contributed by atoms with Crippen LogP contribution in [0.3, 0.4) is 0 Å². The lowest BCUT2D eigenvalue weighted by molar-refractivity contribution is -0.345. The minimum atomic E-state index is -6.20. The fourth-order valence-corrected chi connectivity index (χ4v) is 0.774. The van der Waals surface area contributed by atoms with Crippen molar-refractivity contribution >= 4 is 0 Å². The third-order valence-corrected chi connectivity index (χ3v) is 1.72. The number of ether oxygens (including phenoxy) is 1. The number of alkyl halides is 8. The molecule has 0 aliphatic rings. The summed E-state index contributed by atoms with van der Waals surface area (Å²) in [5, 5.41) is 0. The zero-order valence-corrected chi connectivity index (χ0v) is 8.34. The van der Waals surface area contributed by atoms with Crippen molar-refractivity contribution < 1.29 is 39.9 Å². The molecular weight excluding hydrogens is 264 g/mol. The van der Waals surface area contributed by atoms with E-state index in [1.165, 1.54) is 0 Å². The molecule has 0 saturated heterocycles. The Balaban J connectivity index is 4.88. The molecule has 0 aromatic heterocycles. The molecule has 0 amide bonds. The maximum absolute atomic E-state index is 12.7. The molecule has 9 heteroatoms. The molecule has 0 heterocycles. The number of hydrogen-bond donors (Lipinski definition) is 0. The highest BCUT2D eigenvalue weighted by atomic mass is 19.4. The van der Waals surface area contributed by atoms with Gasteiger partial charge in [0.25, 0.3) is 0 Å². The van der Waals surface area contributed by atoms with Gasteiger partial charge in [0.2, 0.25) is 0 Å². The molecule has 103 valence electrons. The van der Waals surface area contributed by atoms with Gasteiger partial charge in [-0.25, -0.2) is 8.78 Å². The first kappa shape index (κ1) is 16.4. The van der Waals surface area contributed by atoms with Gasteiger partial charge in [0.1, 0.15) is 6.61 Å². The summed E-state index contributed by atoms with van der Waals surface area (Å²) in [4.78, 5) is 0. The van der Waals surface area contributed by atoms with Gasteiger partial charge < -0.3 is 4.74 Å². The first-order valence-electron chi connectivity index (χ1n) is 4.29. The summed E-state index contributed by atoms with van der Waals surface area (Å²) in [5.74, 6) is -17.7. The van der Waals surface area contributed by atoms with Crippen molar-refractivity contribution in [3.05, 3.63) is 6.92 Å². The van der Waals surface area contributed by atoms with Gasteiger partial charge in [-0.2, -0.15) is 26.3 Å². The molecule has 17 heavy (non-hydrogen) atoms. The van der Waals surface area contributed by atoms with Crippen molar-refractivity contribution in [2.45, 2.75) is 30.6 Å². The third-order valence-electron chi connectivity index (χ3n) is 1.72. The lowest BCUT2D eigenvalue weighted by Gasteiger charge is -2.31. The summed E-state index contributed by atoms with van der Waals surface area (Å²) in [6, 6.07) is 0. The standard InChI is InChI=1S/C8H9F8O/c1-2-3-17-4-6(11,12)8(15,16)7(13,14)5(9)10/h5H,1-4H2. The van der Waals surface area contributed by atoms with Crippen LogP contribution in [0, 0.1) is 6.92 Å². The molecule has 0 aromatic carbocycles. The zero-order chi connectivity index (χ0) is 13.9. The highest BCUT2D eigenvalue weighted by molar-refractivity contribution is 4.97. The van der Waals surface area contributed by atoms with Gasteiger partial charge in [-0.15, -0.1) is 0 Å². The van der Waals surface area contributed by atoms with Gasteiger partial charge in [-0.1, -0.05) is 6.92 Å². The lowest BCUT2D eigenvalue weighted by atomic mass is 10.1. The molecule has 1 nitrogen and oxygen atoms in total. The predicted molar refractivity (Wildman–Crippen MR) is 41.6 cm³/mol. The van der Waals surface area contributed by atoms with E-state index < -0.39 is 37.4 Å². The van der Waals surface area contributed by atoms with Crippen molar-refractivity contribution in [1.82, 2.24) is 0 Å². The van der Waals surface area contributed by atoms with Crippen molar-refractivity contribution in [2.24, 2.45) is 0 Å². The Kier molecular flexibility index (Phi) is 5.17. The lowest BCUT2D eigenvalue weighted by Crippen LogP contribution is -2.59. The Labute approximate surface area is 91.7 Å². The molecular formula is C8H9F8O. The van der Waals surface area contributed by atoms with E-state index in [-0.39, 0.29) is 6.42 Å². The van der Waals surface area contributed by atoms with E-state index >= 15 is 0 Å². The van der Waals surface area contributed by atoms with Crippen molar-refractivity contribution in [1.29, 1.82) is 0 Å². The maximum atomic E-state index is 12.7. The van der Waals surface area contributed by atoms with Gasteiger partial charge >= 0.3 is 24.2 Å². The van der Waals surface area contributed by atoms with E-state index in [9.17, 15) is 35.1 Å². The predicted octanol–water partition coefficient (Wildman–Crippen LogP) is 3.40. The largest absolute Gasteiger partial charge is 0.380 e. The summed E-state index contributed by atoms with van der Waals surface area (Å²) in [6.07, 6.45) is -4.97. The number of halogens is 8. The van der Waals surface area contributed by atoms with Crippen LogP contribution in [0.4, 0.5) is 35.1 Å². The molecule has 0 atom stereocenters. The van der Waals surface area contributed by atoms with Gasteiger partial charge in [-0.3, -0.25) is 0 Å². The van der Waals surface area contributed by atoms with Crippen molar-refractivity contribution in [3.8, 4) is 0 Å². The van der Waals surface area contributed by atoms with Gasteiger partial charge in [-0.05, 0) is 6.42 Å². The normalized spacial score (nSPS) is 14.5. The van der Waals surface area contributed by atoms with Crippen LogP contribution in [0.15, 0.2) is 0 Å². The number of hydrogen-bond acceptors (Lipinski definition) is 1. The highest BCUT2D eigenvalue weighted by Gasteiger charge is 2.75. The summed E-state index contributed by atoms with van der Waals surface area (Å²) in [5.41, 5.74) is 0. The Morgan fingerprint density at radius 3 is 1.82 bits per heavy atom. The van der Waals surface area contributed by atoms with E-state index in [4.69, 9.17) is 0 Å². The van der Waals surface area contributed by atoms with Gasteiger partial charge in [0.05, 0.1) is 0 Å². The summed E-state index contributed by atoms with van der Waals surface area (Å²) >= 11 is 0. The second-order valence-corrected chi connectivity index (χ2v) is 3.11. The molecule has 0 bridgehead atoms. The van der Waals surface area contributed by atoms with Crippen LogP contribution < -0.4 is 0 Å². The molecule has 0 aliphatic carbocycles. The molecule has 0 aliphatic heterocycles. The quantitative estimate of drug-likeness (QED) is 0.510. The SMILES string of the molecule is [CH2]CCOCC(F)(F)C(F)(F)C(F)(F)C(F)F. The smallest absolute Gasteiger partial charge is 0.375 e. The van der Waals surface area contributed by atoms with E-state index in [2.05, 4.69) is 11.7 Å². The minimum Gasteiger partial charge on any atom is -0.375 e. The average Bonchev–Trinajstić information content (AvgIpc) is 2.17. The first-order chi connectivity index (χ1) is 7.50. The first-order valence-corrected chi connectivity index (χ1v) is 4.29. The molecule has 0 aromatic rings. The van der Waals surface area contributed by atoms with E-state index in [1.807, 2.05) is 0 Å². The van der Waals surface area contributed by atoms with Crippen LogP contribution in [0.25, 0.3) is 0 Å². The van der Waals surface area contributed by atoms with Crippen LogP contribution in [0.1, 0.15) is 6.42 Å². The van der Waals surface area contributed by atoms with Gasteiger partial charge in [0, 0.05) is 6.61 Å². The molecule has 0 unspecified atom stereocenters. The highest BCUT2D eigenvalue weighted by Crippen LogP contribution is 2.48. The van der Waals surface area contributed by atoms with Crippen molar-refractivity contribution in [3.63, 3.8) is 0 Å². The van der Waals surface area contributed by atoms with Crippen LogP contribution in [0.2, 0.25) is 0 Å². The summed E-state index contributed by atoms with van der Waals surface area (Å²) in [6.45, 7) is 0.553. The second kappa shape index (κ2) is 5.36. The Hall–Kier alpha value is -0.600. The molecule has 0 saturated carbocycles. The Morgan fingerprint density at radius 2 is 1.47 bits per heavy atom. The van der Waals surface area contributed by atoms with Crippen LogP contribution in [0.5, 0.6) is 0 Å². The number of rotatable bonds is 7. The molecule has 0 N–H and O–H groups in total. The summed E-state index contributed by atoms with van der Waals surface area (Å²) < 4.78 is 102. The van der Waals surface area contributed by atoms with Crippen LogP contribution in [-0.2, 0) is 4.74 Å². The van der Waals surface area contributed by atoms with Crippen LogP contribution in [-0.4, -0.2) is 37.4 Å². The van der Waals surface area contributed by atoms with Crippen LogP contribution >= 0.6 is 0 Å². The van der Waals surface area contributed by atoms with Gasteiger partial charge in [0.15, 0.2) is 0 Å². The van der Waals surface area contributed by atoms with E-state index in [0.717, 1.165) is 0 Å². The molecule has 1 radical (unpaired) electrons. The van der Waals surface area contributed by atoms with E-state index in [1.54, 1.807) is 0 Å². The summed E-state index contributed by atoms with van der Waals surface area (Å²) in [7, 11) is 0. The molecule has 0 fully saturated rings. The monoisotopic (exact) mass is 273 g/mol. The van der Waals surface area contributed by atoms with E-state index in [0.29, 0.717) is 0 Å². The fraction of sp³-hybridized carbons (Fsp3) is 0.875. The topological polar surface area (TPSA) is 9.23 Å². The molecule has 0 spiro atoms. The van der Waals surface area contributed by atoms with Crippen molar-refractivity contribution in [2.75, 3.05) is 13.2 Å². The fourth-order valence-electron chi connectivity index (χ4n) is 0.774. The molecule has 0 rings (SSSR count). The maximum Gasteiger partial charge on any atom is 0.380 e.